The molecule has 0 saturated carbocycles. The van der Waals surface area contributed by atoms with Crippen molar-refractivity contribution in [3.8, 4) is 0 Å². The summed E-state index contributed by atoms with van der Waals surface area (Å²) >= 11 is 0. The van der Waals surface area contributed by atoms with Crippen LogP contribution in [-0.2, 0) is 43.5 Å². The third kappa shape index (κ3) is 15.2. The zero-order valence-corrected chi connectivity index (χ0v) is 21.5. The molecule has 15 heteroatoms. The van der Waals surface area contributed by atoms with E-state index in [0.29, 0.717) is 0 Å². The minimum Gasteiger partial charge on any atom is -0.355 e. The molecular weight excluding hydrogens is 484 g/mol. The molecule has 0 rings (SSSR count). The average Bonchev–Trinajstić information content (AvgIpc) is 2.62. The van der Waals surface area contributed by atoms with Gasteiger partial charge in [-0.2, -0.15) is 16.8 Å². The van der Waals surface area contributed by atoms with Crippen molar-refractivity contribution in [1.29, 1.82) is 0 Å². The van der Waals surface area contributed by atoms with Gasteiger partial charge >= 0.3 is 20.8 Å². The topological polar surface area (TPSA) is 177 Å². The lowest BCUT2D eigenvalue weighted by Crippen LogP contribution is -2.47. The van der Waals surface area contributed by atoms with Crippen LogP contribution >= 0.6 is 0 Å². The average molecular weight is 521 g/mol. The van der Waals surface area contributed by atoms with E-state index < -0.39 is 58.0 Å². The minimum absolute atomic E-state index is 0.0251. The first-order valence-electron chi connectivity index (χ1n) is 10.3. The Morgan fingerprint density at radius 3 is 1.27 bits per heavy atom. The van der Waals surface area contributed by atoms with E-state index in [1.807, 2.05) is 27.7 Å². The Morgan fingerprint density at radius 1 is 0.727 bits per heavy atom. The predicted octanol–water partition coefficient (Wildman–Crippen LogP) is 0.388. The van der Waals surface area contributed by atoms with Crippen molar-refractivity contribution in [3.63, 3.8) is 0 Å². The monoisotopic (exact) mass is 520 g/mol. The van der Waals surface area contributed by atoms with Gasteiger partial charge in [0.1, 0.15) is 12.2 Å². The van der Waals surface area contributed by atoms with Gasteiger partial charge in [0.25, 0.3) is 11.8 Å². The van der Waals surface area contributed by atoms with Crippen LogP contribution in [0.15, 0.2) is 0 Å². The molecular formula is C18H36N2O11S2. The second-order valence-electron chi connectivity index (χ2n) is 8.39. The van der Waals surface area contributed by atoms with E-state index in [9.17, 15) is 26.4 Å². The zero-order valence-electron chi connectivity index (χ0n) is 19.8. The molecule has 0 unspecified atom stereocenters. The van der Waals surface area contributed by atoms with Crippen LogP contribution < -0.4 is 0 Å². The second-order valence-corrected chi connectivity index (χ2v) is 10.6. The molecule has 0 aliphatic heterocycles. The molecule has 0 saturated heterocycles. The van der Waals surface area contributed by atoms with Gasteiger partial charge in [-0.3, -0.25) is 18.7 Å². The molecule has 0 fully saturated rings. The highest BCUT2D eigenvalue weighted by molar-refractivity contribution is 7.81. The van der Waals surface area contributed by atoms with E-state index in [1.54, 1.807) is 0 Å². The number of carbonyl (C=O) groups is 2. The van der Waals surface area contributed by atoms with Crippen LogP contribution in [0.4, 0.5) is 0 Å². The lowest BCUT2D eigenvalue weighted by Gasteiger charge is -2.31. The first kappa shape index (κ1) is 31.6. The van der Waals surface area contributed by atoms with Crippen molar-refractivity contribution in [1.82, 2.24) is 9.80 Å². The Hall–Kier alpha value is -1.36. The molecule has 2 atom stereocenters. The maximum absolute atomic E-state index is 12.9. The van der Waals surface area contributed by atoms with Crippen LogP contribution in [0.2, 0.25) is 0 Å². The number of likely N-dealkylation sites (N-methyl/N-ethyl adjacent to an activating group) is 2. The smallest absolute Gasteiger partial charge is 0.355 e. The Kier molecular flexibility index (Phi) is 13.6. The molecule has 0 heterocycles. The van der Waals surface area contributed by atoms with Gasteiger partial charge in [0.2, 0.25) is 0 Å². The molecule has 0 spiro atoms. The van der Waals surface area contributed by atoms with Crippen molar-refractivity contribution in [2.24, 2.45) is 11.8 Å². The van der Waals surface area contributed by atoms with Crippen LogP contribution in [0.25, 0.3) is 0 Å². The molecule has 0 aliphatic rings. The molecule has 0 aromatic rings. The van der Waals surface area contributed by atoms with Crippen molar-refractivity contribution < 1.29 is 48.6 Å². The summed E-state index contributed by atoms with van der Waals surface area (Å²) in [4.78, 5) is 28.2. The summed E-state index contributed by atoms with van der Waals surface area (Å²) in [5.74, 6) is -0.947. The second kappa shape index (κ2) is 14.1. The Labute approximate surface area is 196 Å². The zero-order chi connectivity index (χ0) is 26.0. The van der Waals surface area contributed by atoms with Gasteiger partial charge in [0, 0.05) is 27.2 Å². The number of carbonyl (C=O) groups excluding carboxylic acids is 2. The SMILES string of the molecule is CC(C)C[C@H](O[C@@H](CC(C)C)C(=O)N(C)CCOS(=O)(=O)O)C(=O)N(C)CCOS(=O)(=O)O. The van der Waals surface area contributed by atoms with Crippen LogP contribution in [0.1, 0.15) is 40.5 Å². The number of hydrogen-bond donors (Lipinski definition) is 2. The highest BCUT2D eigenvalue weighted by Gasteiger charge is 2.32. The van der Waals surface area contributed by atoms with E-state index in [1.165, 1.54) is 23.9 Å². The van der Waals surface area contributed by atoms with Crippen LogP contribution in [0.5, 0.6) is 0 Å². The van der Waals surface area contributed by atoms with Crippen molar-refractivity contribution in [2.75, 3.05) is 40.4 Å². The summed E-state index contributed by atoms with van der Waals surface area (Å²) in [5.41, 5.74) is 0. The summed E-state index contributed by atoms with van der Waals surface area (Å²) in [7, 11) is -6.46. The quantitative estimate of drug-likeness (QED) is 0.269. The Balaban J connectivity index is 5.38. The van der Waals surface area contributed by atoms with Crippen molar-refractivity contribution in [2.45, 2.75) is 52.7 Å². The maximum atomic E-state index is 12.9. The van der Waals surface area contributed by atoms with E-state index in [4.69, 9.17) is 13.8 Å². The fourth-order valence-electron chi connectivity index (χ4n) is 2.75. The summed E-state index contributed by atoms with van der Waals surface area (Å²) in [6.07, 6.45) is -1.48. The summed E-state index contributed by atoms with van der Waals surface area (Å²) in [5, 5.41) is 0. The first-order chi connectivity index (χ1) is 14.9. The fourth-order valence-corrected chi connectivity index (χ4v) is 3.33. The third-order valence-corrected chi connectivity index (χ3v) is 5.25. The molecule has 0 aliphatic carbocycles. The third-order valence-electron chi connectivity index (χ3n) is 4.32. The van der Waals surface area contributed by atoms with E-state index in [0.717, 1.165) is 0 Å². The predicted molar refractivity (Wildman–Crippen MR) is 118 cm³/mol. The Bertz CT molecular complexity index is 760. The first-order valence-corrected chi connectivity index (χ1v) is 13.0. The normalized spacial score (nSPS) is 14.4. The molecule has 33 heavy (non-hydrogen) atoms. The van der Waals surface area contributed by atoms with Gasteiger partial charge in [-0.25, -0.2) is 8.37 Å². The van der Waals surface area contributed by atoms with Crippen molar-refractivity contribution >= 4 is 32.6 Å². The van der Waals surface area contributed by atoms with E-state index in [2.05, 4.69) is 8.37 Å². The number of amides is 2. The molecule has 0 aromatic heterocycles. The summed E-state index contributed by atoms with van der Waals surface area (Å²) < 4.78 is 74.4. The molecule has 13 nitrogen and oxygen atoms in total. The van der Waals surface area contributed by atoms with Gasteiger partial charge in [-0.05, 0) is 24.7 Å². The van der Waals surface area contributed by atoms with Crippen LogP contribution in [-0.4, -0.2) is 100 Å². The highest BCUT2D eigenvalue weighted by atomic mass is 32.3. The molecule has 196 valence electrons. The molecule has 2 amide bonds. The van der Waals surface area contributed by atoms with Crippen LogP contribution in [0.3, 0.4) is 0 Å². The lowest BCUT2D eigenvalue weighted by molar-refractivity contribution is -0.159. The number of hydrogen-bond acceptors (Lipinski definition) is 9. The number of ether oxygens (including phenoxy) is 1. The largest absolute Gasteiger partial charge is 0.397 e. The standard InChI is InChI=1S/C18H36N2O11S2/c1-13(2)11-15(17(21)19(5)7-9-29-32(23,24)25)31-16(12-14(3)4)18(22)20(6)8-10-30-33(26,27)28/h13-16H,7-12H2,1-6H3,(H,23,24,25)(H,26,27,28)/t15-,16-/m0/s1. The van der Waals surface area contributed by atoms with E-state index >= 15 is 0 Å². The summed E-state index contributed by atoms with van der Waals surface area (Å²) in [6.45, 7) is 6.25. The minimum atomic E-state index is -4.64. The maximum Gasteiger partial charge on any atom is 0.397 e. The molecule has 0 radical (unpaired) electrons. The van der Waals surface area contributed by atoms with Gasteiger partial charge in [0.05, 0.1) is 13.2 Å². The molecule has 0 aromatic carbocycles. The van der Waals surface area contributed by atoms with Crippen LogP contribution in [0, 0.1) is 11.8 Å². The highest BCUT2D eigenvalue weighted by Crippen LogP contribution is 2.19. The molecule has 0 bridgehead atoms. The molecule has 2 N–H and O–H groups in total. The van der Waals surface area contributed by atoms with Gasteiger partial charge in [-0.1, -0.05) is 27.7 Å². The van der Waals surface area contributed by atoms with Crippen molar-refractivity contribution in [3.05, 3.63) is 0 Å². The van der Waals surface area contributed by atoms with Gasteiger partial charge < -0.3 is 14.5 Å². The lowest BCUT2D eigenvalue weighted by atomic mass is 10.0. The van der Waals surface area contributed by atoms with Gasteiger partial charge in [-0.15, -0.1) is 0 Å². The Morgan fingerprint density at radius 2 is 1.03 bits per heavy atom. The number of nitrogens with zero attached hydrogens (tertiary/aromatic N) is 2. The van der Waals surface area contributed by atoms with E-state index in [-0.39, 0.29) is 37.8 Å². The summed E-state index contributed by atoms with van der Waals surface area (Å²) in [6, 6.07) is 0. The number of rotatable bonds is 16. The fraction of sp³-hybridized carbons (Fsp3) is 0.889. The van der Waals surface area contributed by atoms with Gasteiger partial charge in [0.15, 0.2) is 0 Å².